The Hall–Kier alpha value is -2.08. The van der Waals surface area contributed by atoms with Gasteiger partial charge in [0, 0.05) is 6.54 Å². The van der Waals surface area contributed by atoms with Crippen LogP contribution in [0.4, 0.5) is 0 Å². The van der Waals surface area contributed by atoms with Crippen LogP contribution in [0.15, 0.2) is 42.0 Å². The minimum Gasteiger partial charge on any atom is -0.354 e. The summed E-state index contributed by atoms with van der Waals surface area (Å²) in [5.41, 5.74) is 2.18. The van der Waals surface area contributed by atoms with Crippen molar-refractivity contribution >= 4 is 5.91 Å². The van der Waals surface area contributed by atoms with Crippen molar-refractivity contribution in [2.24, 2.45) is 0 Å². The molecule has 1 aliphatic carbocycles. The van der Waals surface area contributed by atoms with E-state index in [0.717, 1.165) is 24.8 Å². The molecule has 0 radical (unpaired) electrons. The van der Waals surface area contributed by atoms with Crippen molar-refractivity contribution in [3.63, 3.8) is 0 Å². The molecule has 0 fully saturated rings. The Morgan fingerprint density at radius 1 is 1.37 bits per heavy atom. The lowest BCUT2D eigenvalue weighted by atomic mass is 10.00. The highest BCUT2D eigenvalue weighted by Crippen LogP contribution is 2.20. The second kappa shape index (κ2) is 6.75. The Balaban J connectivity index is 1.86. The molecule has 19 heavy (non-hydrogen) atoms. The number of benzene rings is 1. The Kier molecular flexibility index (Phi) is 4.74. The summed E-state index contributed by atoms with van der Waals surface area (Å²) in [6, 6.07) is 11.3. The van der Waals surface area contributed by atoms with E-state index in [1.54, 1.807) is 0 Å². The first-order valence-electron chi connectivity index (χ1n) is 6.71. The molecule has 0 aromatic heterocycles. The van der Waals surface area contributed by atoms with Crippen LogP contribution in [0.5, 0.6) is 0 Å². The molecule has 0 heterocycles. The number of hydrogen-bond acceptors (Lipinski definition) is 2. The number of rotatable bonds is 5. The van der Waals surface area contributed by atoms with Gasteiger partial charge in [0.05, 0.1) is 6.07 Å². The zero-order valence-electron chi connectivity index (χ0n) is 10.9. The summed E-state index contributed by atoms with van der Waals surface area (Å²) in [6.45, 7) is 0.621. The van der Waals surface area contributed by atoms with E-state index in [4.69, 9.17) is 5.26 Å². The Morgan fingerprint density at radius 2 is 2.16 bits per heavy atom. The maximum absolute atomic E-state index is 12.0. The zero-order valence-corrected chi connectivity index (χ0v) is 10.9. The average Bonchev–Trinajstić information content (AvgIpc) is 2.94. The van der Waals surface area contributed by atoms with Gasteiger partial charge in [0.2, 0.25) is 5.91 Å². The average molecular weight is 254 g/mol. The summed E-state index contributed by atoms with van der Waals surface area (Å²) in [6.07, 6.45) is 6.70. The van der Waals surface area contributed by atoms with E-state index in [0.29, 0.717) is 6.54 Å². The third-order valence-corrected chi connectivity index (χ3v) is 3.40. The molecular formula is C16H18N2O. The van der Waals surface area contributed by atoms with Crippen LogP contribution in [0.2, 0.25) is 0 Å². The van der Waals surface area contributed by atoms with Crippen LogP contribution in [0.3, 0.4) is 0 Å². The summed E-state index contributed by atoms with van der Waals surface area (Å²) in [5, 5.41) is 12.0. The molecular weight excluding hydrogens is 236 g/mol. The van der Waals surface area contributed by atoms with Crippen LogP contribution in [0.1, 0.15) is 37.2 Å². The number of carbonyl (C=O) groups is 1. The van der Waals surface area contributed by atoms with Crippen molar-refractivity contribution in [3.8, 4) is 6.07 Å². The topological polar surface area (TPSA) is 52.9 Å². The fourth-order valence-electron chi connectivity index (χ4n) is 2.34. The third kappa shape index (κ3) is 3.69. The van der Waals surface area contributed by atoms with E-state index in [1.807, 2.05) is 30.3 Å². The molecule has 1 aliphatic rings. The second-order valence-electron chi connectivity index (χ2n) is 4.77. The highest BCUT2D eigenvalue weighted by molar-refractivity contribution is 5.86. The zero-order chi connectivity index (χ0) is 13.5. The molecule has 98 valence electrons. The van der Waals surface area contributed by atoms with Gasteiger partial charge in [0.25, 0.3) is 0 Å². The molecule has 1 N–H and O–H groups in total. The van der Waals surface area contributed by atoms with E-state index in [2.05, 4.69) is 17.5 Å². The highest BCUT2D eigenvalue weighted by Gasteiger charge is 2.19. The van der Waals surface area contributed by atoms with Crippen LogP contribution < -0.4 is 5.32 Å². The normalized spacial score (nSPS) is 15.4. The predicted octanol–water partition coefficient (Wildman–Crippen LogP) is 2.91. The fourth-order valence-corrected chi connectivity index (χ4v) is 2.34. The number of hydrogen-bond donors (Lipinski definition) is 1. The molecule has 3 heteroatoms. The maximum atomic E-state index is 12.0. The molecule has 0 saturated carbocycles. The Labute approximate surface area is 113 Å². The van der Waals surface area contributed by atoms with Gasteiger partial charge < -0.3 is 5.32 Å². The van der Waals surface area contributed by atoms with E-state index in [1.165, 1.54) is 12.0 Å². The highest BCUT2D eigenvalue weighted by atomic mass is 16.1. The quantitative estimate of drug-likeness (QED) is 0.821. The van der Waals surface area contributed by atoms with Crippen LogP contribution in [0, 0.1) is 11.3 Å². The molecule has 2 rings (SSSR count). The first-order valence-corrected chi connectivity index (χ1v) is 6.71. The number of allylic oxidation sites excluding steroid dienone is 1. The molecule has 1 amide bonds. The minimum absolute atomic E-state index is 0.202. The smallest absolute Gasteiger partial charge is 0.241 e. The Morgan fingerprint density at radius 3 is 2.79 bits per heavy atom. The first-order chi connectivity index (χ1) is 9.31. The summed E-state index contributed by atoms with van der Waals surface area (Å²) in [5.74, 6) is -0.911. The van der Waals surface area contributed by atoms with Crippen molar-refractivity contribution in [3.05, 3.63) is 47.5 Å². The number of amides is 1. The largest absolute Gasteiger partial charge is 0.354 e. The summed E-state index contributed by atoms with van der Waals surface area (Å²) in [7, 11) is 0. The standard InChI is InChI=1S/C16H18N2O/c17-12-15(14-8-2-1-3-9-14)16(19)18-11-10-13-6-4-5-7-13/h1-3,6,8-9,15H,4-5,7,10-11H2,(H,18,19). The van der Waals surface area contributed by atoms with Crippen molar-refractivity contribution in [2.75, 3.05) is 6.54 Å². The molecule has 1 aromatic rings. The lowest BCUT2D eigenvalue weighted by Gasteiger charge is -2.10. The van der Waals surface area contributed by atoms with Gasteiger partial charge in [-0.15, -0.1) is 0 Å². The van der Waals surface area contributed by atoms with Crippen molar-refractivity contribution in [2.45, 2.75) is 31.6 Å². The van der Waals surface area contributed by atoms with Crippen molar-refractivity contribution in [1.29, 1.82) is 5.26 Å². The van der Waals surface area contributed by atoms with Crippen molar-refractivity contribution in [1.82, 2.24) is 5.32 Å². The molecule has 0 aliphatic heterocycles. The number of nitrogens with zero attached hydrogens (tertiary/aromatic N) is 1. The molecule has 0 bridgehead atoms. The van der Waals surface area contributed by atoms with Crippen LogP contribution in [0.25, 0.3) is 0 Å². The molecule has 0 spiro atoms. The monoisotopic (exact) mass is 254 g/mol. The van der Waals surface area contributed by atoms with E-state index >= 15 is 0 Å². The SMILES string of the molecule is N#CC(C(=O)NCCC1=CCCC1)c1ccccc1. The molecule has 0 saturated heterocycles. The van der Waals surface area contributed by atoms with Gasteiger partial charge in [-0.2, -0.15) is 5.26 Å². The summed E-state index contributed by atoms with van der Waals surface area (Å²) in [4.78, 5) is 12.0. The molecule has 1 aromatic carbocycles. The Bertz CT molecular complexity index is 499. The third-order valence-electron chi connectivity index (χ3n) is 3.40. The van der Waals surface area contributed by atoms with Gasteiger partial charge in [-0.1, -0.05) is 42.0 Å². The predicted molar refractivity (Wildman–Crippen MR) is 74.4 cm³/mol. The van der Waals surface area contributed by atoms with E-state index in [-0.39, 0.29) is 5.91 Å². The summed E-state index contributed by atoms with van der Waals surface area (Å²) < 4.78 is 0. The lowest BCUT2D eigenvalue weighted by molar-refractivity contribution is -0.121. The number of carbonyl (C=O) groups excluding carboxylic acids is 1. The lowest BCUT2D eigenvalue weighted by Crippen LogP contribution is -2.29. The maximum Gasteiger partial charge on any atom is 0.241 e. The minimum atomic E-state index is -0.709. The fraction of sp³-hybridized carbons (Fsp3) is 0.375. The first kappa shape index (κ1) is 13.4. The number of nitriles is 1. The van der Waals surface area contributed by atoms with E-state index < -0.39 is 5.92 Å². The van der Waals surface area contributed by atoms with Gasteiger partial charge in [-0.3, -0.25) is 4.79 Å². The van der Waals surface area contributed by atoms with Crippen molar-refractivity contribution < 1.29 is 4.79 Å². The summed E-state index contributed by atoms with van der Waals surface area (Å²) >= 11 is 0. The van der Waals surface area contributed by atoms with Gasteiger partial charge in [0.1, 0.15) is 5.92 Å². The van der Waals surface area contributed by atoms with Gasteiger partial charge in [0.15, 0.2) is 0 Å². The van der Waals surface area contributed by atoms with Gasteiger partial charge in [-0.25, -0.2) is 0 Å². The van der Waals surface area contributed by atoms with Crippen LogP contribution >= 0.6 is 0 Å². The number of nitrogens with one attached hydrogen (secondary N) is 1. The van der Waals surface area contributed by atoms with Crippen LogP contribution in [-0.4, -0.2) is 12.5 Å². The molecule has 1 unspecified atom stereocenters. The second-order valence-corrected chi connectivity index (χ2v) is 4.77. The van der Waals surface area contributed by atoms with Crippen LogP contribution in [-0.2, 0) is 4.79 Å². The van der Waals surface area contributed by atoms with Gasteiger partial charge in [-0.05, 0) is 31.2 Å². The van der Waals surface area contributed by atoms with Gasteiger partial charge >= 0.3 is 0 Å². The molecule has 1 atom stereocenters. The van der Waals surface area contributed by atoms with E-state index in [9.17, 15) is 4.79 Å². The molecule has 3 nitrogen and oxygen atoms in total.